The number of anilines is 1. The van der Waals surface area contributed by atoms with Crippen molar-refractivity contribution in [2.24, 2.45) is 0 Å². The SMILES string of the molecule is Cc1cccc(OCC(=O)Nc2cc(-c3ccccc3)nn2C2CCS(=O)(=O)C2)c1C. The number of nitrogens with one attached hydrogen (secondary N) is 1. The zero-order valence-electron chi connectivity index (χ0n) is 17.5. The van der Waals surface area contributed by atoms with Crippen molar-refractivity contribution in [2.45, 2.75) is 26.3 Å². The van der Waals surface area contributed by atoms with E-state index in [-0.39, 0.29) is 30.1 Å². The van der Waals surface area contributed by atoms with Gasteiger partial charge in [0.05, 0.1) is 23.2 Å². The minimum absolute atomic E-state index is 0.0186. The van der Waals surface area contributed by atoms with E-state index in [0.717, 1.165) is 16.7 Å². The Kier molecular flexibility index (Phi) is 5.82. The molecule has 0 saturated carbocycles. The van der Waals surface area contributed by atoms with Crippen LogP contribution in [0.2, 0.25) is 0 Å². The predicted octanol–water partition coefficient (Wildman–Crippen LogP) is 3.54. The third kappa shape index (κ3) is 4.80. The first-order chi connectivity index (χ1) is 14.8. The van der Waals surface area contributed by atoms with Gasteiger partial charge in [0.2, 0.25) is 0 Å². The molecule has 0 spiro atoms. The minimum atomic E-state index is -3.10. The summed E-state index contributed by atoms with van der Waals surface area (Å²) in [5, 5.41) is 7.47. The van der Waals surface area contributed by atoms with E-state index in [1.54, 1.807) is 10.7 Å². The normalized spacial score (nSPS) is 17.4. The highest BCUT2D eigenvalue weighted by Crippen LogP contribution is 2.30. The molecule has 162 valence electrons. The lowest BCUT2D eigenvalue weighted by atomic mass is 10.1. The zero-order chi connectivity index (χ0) is 22.0. The number of rotatable bonds is 6. The third-order valence-corrected chi connectivity index (χ3v) is 7.29. The summed E-state index contributed by atoms with van der Waals surface area (Å²) in [7, 11) is -3.10. The van der Waals surface area contributed by atoms with Gasteiger partial charge in [-0.05, 0) is 37.5 Å². The fraction of sp³-hybridized carbons (Fsp3) is 0.304. The molecule has 1 aromatic heterocycles. The highest BCUT2D eigenvalue weighted by molar-refractivity contribution is 7.91. The molecule has 1 N–H and O–H groups in total. The van der Waals surface area contributed by atoms with E-state index in [1.807, 2.05) is 62.4 Å². The van der Waals surface area contributed by atoms with E-state index in [1.165, 1.54) is 0 Å². The Bertz CT molecular complexity index is 1200. The van der Waals surface area contributed by atoms with Gasteiger partial charge in [0.25, 0.3) is 5.91 Å². The molecule has 0 bridgehead atoms. The van der Waals surface area contributed by atoms with Crippen LogP contribution in [0.3, 0.4) is 0 Å². The average molecular weight is 440 g/mol. The Hall–Kier alpha value is -3.13. The maximum absolute atomic E-state index is 12.6. The second kappa shape index (κ2) is 8.55. The lowest BCUT2D eigenvalue weighted by Crippen LogP contribution is -2.24. The first-order valence-electron chi connectivity index (χ1n) is 10.2. The second-order valence-electron chi connectivity index (χ2n) is 7.82. The van der Waals surface area contributed by atoms with Crippen molar-refractivity contribution in [1.29, 1.82) is 0 Å². The molecule has 1 aliphatic rings. The van der Waals surface area contributed by atoms with Crippen LogP contribution < -0.4 is 10.1 Å². The average Bonchev–Trinajstić information content (AvgIpc) is 3.32. The molecule has 3 aromatic rings. The van der Waals surface area contributed by atoms with Gasteiger partial charge in [0.1, 0.15) is 11.6 Å². The molecule has 2 heterocycles. The summed E-state index contributed by atoms with van der Waals surface area (Å²) in [6.07, 6.45) is 0.472. The number of sulfone groups is 1. The van der Waals surface area contributed by atoms with Crippen molar-refractivity contribution in [3.8, 4) is 17.0 Å². The van der Waals surface area contributed by atoms with Gasteiger partial charge in [-0.2, -0.15) is 5.10 Å². The number of nitrogens with zero attached hydrogens (tertiary/aromatic N) is 2. The molecule has 4 rings (SSSR count). The Balaban J connectivity index is 1.55. The first kappa shape index (κ1) is 21.1. The Labute approximate surface area is 182 Å². The van der Waals surface area contributed by atoms with Gasteiger partial charge in [-0.25, -0.2) is 13.1 Å². The molecule has 0 radical (unpaired) electrons. The van der Waals surface area contributed by atoms with Crippen LogP contribution in [0.5, 0.6) is 5.75 Å². The van der Waals surface area contributed by atoms with Gasteiger partial charge in [-0.15, -0.1) is 0 Å². The van der Waals surface area contributed by atoms with Crippen LogP contribution >= 0.6 is 0 Å². The van der Waals surface area contributed by atoms with E-state index < -0.39 is 9.84 Å². The molecule has 7 nitrogen and oxygen atoms in total. The molecule has 1 aliphatic heterocycles. The summed E-state index contributed by atoms with van der Waals surface area (Å²) in [5.74, 6) is 0.945. The highest BCUT2D eigenvalue weighted by Gasteiger charge is 2.31. The maximum atomic E-state index is 12.6. The number of carbonyl (C=O) groups is 1. The van der Waals surface area contributed by atoms with E-state index in [4.69, 9.17) is 4.74 Å². The molecule has 8 heteroatoms. The number of benzene rings is 2. The number of hydrogen-bond acceptors (Lipinski definition) is 5. The van der Waals surface area contributed by atoms with E-state index in [2.05, 4.69) is 10.4 Å². The van der Waals surface area contributed by atoms with Crippen molar-refractivity contribution in [3.05, 3.63) is 65.7 Å². The molecule has 0 aliphatic carbocycles. The highest BCUT2D eigenvalue weighted by atomic mass is 32.2. The number of aromatic nitrogens is 2. The summed E-state index contributed by atoms with van der Waals surface area (Å²) >= 11 is 0. The molecular formula is C23H25N3O4S. The van der Waals surface area contributed by atoms with Crippen molar-refractivity contribution < 1.29 is 17.9 Å². The monoisotopic (exact) mass is 439 g/mol. The second-order valence-corrected chi connectivity index (χ2v) is 10.0. The first-order valence-corrected chi connectivity index (χ1v) is 12.0. The summed E-state index contributed by atoms with van der Waals surface area (Å²) in [6, 6.07) is 16.7. The number of carbonyl (C=O) groups excluding carboxylic acids is 1. The van der Waals surface area contributed by atoms with Crippen LogP contribution in [0, 0.1) is 13.8 Å². The Morgan fingerprint density at radius 2 is 1.94 bits per heavy atom. The number of ether oxygens (including phenoxy) is 1. The zero-order valence-corrected chi connectivity index (χ0v) is 18.4. The molecule has 1 fully saturated rings. The van der Waals surface area contributed by atoms with Crippen LogP contribution in [0.15, 0.2) is 54.6 Å². The maximum Gasteiger partial charge on any atom is 0.263 e. The van der Waals surface area contributed by atoms with Crippen LogP contribution in [-0.2, 0) is 14.6 Å². The Morgan fingerprint density at radius 3 is 2.65 bits per heavy atom. The van der Waals surface area contributed by atoms with Gasteiger partial charge < -0.3 is 10.1 Å². The molecule has 1 saturated heterocycles. The molecule has 1 amide bonds. The van der Waals surface area contributed by atoms with Gasteiger partial charge in [-0.3, -0.25) is 4.79 Å². The van der Waals surface area contributed by atoms with Gasteiger partial charge >= 0.3 is 0 Å². The van der Waals surface area contributed by atoms with Gasteiger partial charge in [0.15, 0.2) is 16.4 Å². The standard InChI is InChI=1S/C23H25N3O4S/c1-16-7-6-10-21(17(16)2)30-14-23(27)24-22-13-20(18-8-4-3-5-9-18)25-26(22)19-11-12-31(28,29)15-19/h3-10,13,19H,11-12,14-15H2,1-2H3,(H,24,27). The topological polar surface area (TPSA) is 90.3 Å². The van der Waals surface area contributed by atoms with Crippen LogP contribution in [-0.4, -0.2) is 42.2 Å². The molecular weight excluding hydrogens is 414 g/mol. The predicted molar refractivity (Wildman–Crippen MR) is 120 cm³/mol. The van der Waals surface area contributed by atoms with Crippen molar-refractivity contribution >= 4 is 21.6 Å². The van der Waals surface area contributed by atoms with E-state index in [9.17, 15) is 13.2 Å². The van der Waals surface area contributed by atoms with Crippen LogP contribution in [0.1, 0.15) is 23.6 Å². The minimum Gasteiger partial charge on any atom is -0.483 e. The lowest BCUT2D eigenvalue weighted by molar-refractivity contribution is -0.118. The molecule has 31 heavy (non-hydrogen) atoms. The van der Waals surface area contributed by atoms with E-state index in [0.29, 0.717) is 23.7 Å². The fourth-order valence-electron chi connectivity index (χ4n) is 3.69. The Morgan fingerprint density at radius 1 is 1.16 bits per heavy atom. The third-order valence-electron chi connectivity index (χ3n) is 5.54. The van der Waals surface area contributed by atoms with Crippen molar-refractivity contribution in [3.63, 3.8) is 0 Å². The summed E-state index contributed by atoms with van der Waals surface area (Å²) in [6.45, 7) is 3.78. The van der Waals surface area contributed by atoms with Gasteiger partial charge in [0, 0.05) is 11.6 Å². The van der Waals surface area contributed by atoms with Gasteiger partial charge in [-0.1, -0.05) is 42.5 Å². The molecule has 1 unspecified atom stereocenters. The van der Waals surface area contributed by atoms with E-state index >= 15 is 0 Å². The number of aryl methyl sites for hydroxylation is 1. The van der Waals surface area contributed by atoms with Crippen LogP contribution in [0.4, 0.5) is 5.82 Å². The summed E-state index contributed by atoms with van der Waals surface area (Å²) in [5.41, 5.74) is 3.65. The summed E-state index contributed by atoms with van der Waals surface area (Å²) < 4.78 is 31.3. The molecule has 1 atom stereocenters. The van der Waals surface area contributed by atoms with Crippen LogP contribution in [0.25, 0.3) is 11.3 Å². The fourth-order valence-corrected chi connectivity index (χ4v) is 5.38. The lowest BCUT2D eigenvalue weighted by Gasteiger charge is -2.14. The van der Waals surface area contributed by atoms with Crippen molar-refractivity contribution in [2.75, 3.05) is 23.4 Å². The largest absolute Gasteiger partial charge is 0.483 e. The quantitative estimate of drug-likeness (QED) is 0.634. The summed E-state index contributed by atoms with van der Waals surface area (Å²) in [4.78, 5) is 12.6. The molecule has 2 aromatic carbocycles. The van der Waals surface area contributed by atoms with Crippen molar-refractivity contribution in [1.82, 2.24) is 9.78 Å². The number of hydrogen-bond donors (Lipinski definition) is 1. The smallest absolute Gasteiger partial charge is 0.263 e. The number of amides is 1.